The summed E-state index contributed by atoms with van der Waals surface area (Å²) in [6.07, 6.45) is 1.68. The molecule has 96 valence electrons. The summed E-state index contributed by atoms with van der Waals surface area (Å²) >= 11 is 0. The van der Waals surface area contributed by atoms with Gasteiger partial charge in [-0.1, -0.05) is 5.16 Å². The van der Waals surface area contributed by atoms with Crippen molar-refractivity contribution in [2.75, 3.05) is 12.4 Å². The van der Waals surface area contributed by atoms with Gasteiger partial charge in [0.25, 0.3) is 0 Å². The topological polar surface area (TPSA) is 60.2 Å². The van der Waals surface area contributed by atoms with E-state index in [-0.39, 0.29) is 6.04 Å². The van der Waals surface area contributed by atoms with Crippen LogP contribution in [0.25, 0.3) is 0 Å². The summed E-state index contributed by atoms with van der Waals surface area (Å²) in [5.74, 6) is 2.37. The van der Waals surface area contributed by atoms with Crippen LogP contribution in [0, 0.1) is 13.8 Å². The van der Waals surface area contributed by atoms with Gasteiger partial charge in [0.2, 0.25) is 0 Å². The monoisotopic (exact) mass is 247 g/mol. The normalized spacial score (nSPS) is 12.2. The van der Waals surface area contributed by atoms with E-state index in [1.165, 1.54) is 0 Å². The van der Waals surface area contributed by atoms with Gasteiger partial charge in [0, 0.05) is 5.56 Å². The Morgan fingerprint density at radius 2 is 2.11 bits per heavy atom. The lowest BCUT2D eigenvalue weighted by Gasteiger charge is -2.14. The van der Waals surface area contributed by atoms with Crippen molar-refractivity contribution in [2.45, 2.75) is 26.8 Å². The molecule has 0 bridgehead atoms. The fraction of sp³-hybridized carbons (Fsp3) is 0.385. The van der Waals surface area contributed by atoms with E-state index in [1.54, 1.807) is 13.3 Å². The van der Waals surface area contributed by atoms with Crippen LogP contribution in [0.4, 0.5) is 5.82 Å². The van der Waals surface area contributed by atoms with E-state index in [4.69, 9.17) is 9.26 Å². The largest absolute Gasteiger partial charge is 0.495 e. The zero-order chi connectivity index (χ0) is 13.1. The molecule has 5 nitrogen and oxygen atoms in total. The van der Waals surface area contributed by atoms with Crippen molar-refractivity contribution < 1.29 is 9.26 Å². The molecule has 1 N–H and O–H groups in total. The summed E-state index contributed by atoms with van der Waals surface area (Å²) in [7, 11) is 1.62. The molecule has 0 aromatic carbocycles. The van der Waals surface area contributed by atoms with E-state index in [0.29, 0.717) is 0 Å². The highest BCUT2D eigenvalue weighted by Gasteiger charge is 2.16. The molecule has 0 aliphatic carbocycles. The van der Waals surface area contributed by atoms with E-state index in [9.17, 15) is 0 Å². The Morgan fingerprint density at radius 3 is 2.61 bits per heavy atom. The lowest BCUT2D eigenvalue weighted by Crippen LogP contribution is -2.09. The Labute approximate surface area is 106 Å². The highest BCUT2D eigenvalue weighted by atomic mass is 16.5. The van der Waals surface area contributed by atoms with Crippen LogP contribution in [0.3, 0.4) is 0 Å². The quantitative estimate of drug-likeness (QED) is 0.900. The fourth-order valence-corrected chi connectivity index (χ4v) is 1.99. The molecule has 0 radical (unpaired) electrons. The predicted molar refractivity (Wildman–Crippen MR) is 68.8 cm³/mol. The molecule has 2 aromatic rings. The first kappa shape index (κ1) is 12.4. The number of rotatable bonds is 4. The molecule has 0 saturated carbocycles. The summed E-state index contributed by atoms with van der Waals surface area (Å²) in [5.41, 5.74) is 1.98. The second-order valence-electron chi connectivity index (χ2n) is 4.19. The van der Waals surface area contributed by atoms with Crippen LogP contribution in [0.1, 0.15) is 30.0 Å². The molecular formula is C13H17N3O2. The van der Waals surface area contributed by atoms with Crippen LogP contribution in [0.2, 0.25) is 0 Å². The summed E-state index contributed by atoms with van der Waals surface area (Å²) in [5, 5.41) is 7.26. The van der Waals surface area contributed by atoms with E-state index in [2.05, 4.69) is 22.4 Å². The average molecular weight is 247 g/mol. The third-order valence-electron chi connectivity index (χ3n) is 2.86. The molecule has 0 amide bonds. The maximum absolute atomic E-state index is 5.16. The molecule has 2 rings (SSSR count). The number of ether oxygens (including phenoxy) is 1. The van der Waals surface area contributed by atoms with Gasteiger partial charge in [-0.15, -0.1) is 0 Å². The van der Waals surface area contributed by atoms with Gasteiger partial charge in [-0.25, -0.2) is 4.98 Å². The Bertz CT molecular complexity index is 500. The summed E-state index contributed by atoms with van der Waals surface area (Å²) < 4.78 is 10.2. The number of aromatic nitrogens is 2. The Hall–Kier alpha value is -2.04. The molecule has 0 spiro atoms. The molecule has 0 aliphatic heterocycles. The lowest BCUT2D eigenvalue weighted by molar-refractivity contribution is 0.392. The average Bonchev–Trinajstić information content (AvgIpc) is 2.70. The minimum atomic E-state index is 0.0946. The number of hydrogen-bond donors (Lipinski definition) is 1. The third kappa shape index (κ3) is 2.45. The third-order valence-corrected chi connectivity index (χ3v) is 2.86. The van der Waals surface area contributed by atoms with Gasteiger partial charge in [0.1, 0.15) is 17.3 Å². The second kappa shape index (κ2) is 5.08. The van der Waals surface area contributed by atoms with E-state index < -0.39 is 0 Å². The highest BCUT2D eigenvalue weighted by Crippen LogP contribution is 2.24. The van der Waals surface area contributed by atoms with Crippen LogP contribution >= 0.6 is 0 Å². The summed E-state index contributed by atoms with van der Waals surface area (Å²) in [6.45, 7) is 5.90. The van der Waals surface area contributed by atoms with E-state index >= 15 is 0 Å². The Kier molecular flexibility index (Phi) is 3.50. The van der Waals surface area contributed by atoms with Crippen LogP contribution in [0.15, 0.2) is 22.9 Å². The van der Waals surface area contributed by atoms with Crippen molar-refractivity contribution >= 4 is 5.82 Å². The zero-order valence-electron chi connectivity index (χ0n) is 11.0. The number of nitrogens with one attached hydrogen (secondary N) is 1. The van der Waals surface area contributed by atoms with Crippen molar-refractivity contribution in [1.29, 1.82) is 0 Å². The van der Waals surface area contributed by atoms with Gasteiger partial charge in [0.15, 0.2) is 0 Å². The van der Waals surface area contributed by atoms with E-state index in [0.717, 1.165) is 28.6 Å². The number of anilines is 1. The number of methoxy groups -OCH3 is 1. The smallest absolute Gasteiger partial charge is 0.139 e. The molecule has 0 fully saturated rings. The van der Waals surface area contributed by atoms with Gasteiger partial charge in [-0.2, -0.15) is 0 Å². The first-order chi connectivity index (χ1) is 8.61. The molecule has 2 heterocycles. The SMILES string of the molecule is COc1ccc(NC(C)c2c(C)noc2C)nc1. The first-order valence-electron chi connectivity index (χ1n) is 5.81. The minimum Gasteiger partial charge on any atom is -0.495 e. The molecule has 18 heavy (non-hydrogen) atoms. The minimum absolute atomic E-state index is 0.0946. The zero-order valence-corrected chi connectivity index (χ0v) is 11.0. The lowest BCUT2D eigenvalue weighted by atomic mass is 10.1. The molecule has 1 unspecified atom stereocenters. The predicted octanol–water partition coefficient (Wildman–Crippen LogP) is 2.87. The van der Waals surface area contributed by atoms with E-state index in [1.807, 2.05) is 26.0 Å². The van der Waals surface area contributed by atoms with Gasteiger partial charge in [-0.3, -0.25) is 0 Å². The fourth-order valence-electron chi connectivity index (χ4n) is 1.99. The van der Waals surface area contributed by atoms with Crippen molar-refractivity contribution in [3.8, 4) is 5.75 Å². The number of hydrogen-bond acceptors (Lipinski definition) is 5. The van der Waals surface area contributed by atoms with Crippen LogP contribution in [-0.2, 0) is 0 Å². The van der Waals surface area contributed by atoms with Gasteiger partial charge < -0.3 is 14.6 Å². The van der Waals surface area contributed by atoms with Crippen molar-refractivity contribution in [1.82, 2.24) is 10.1 Å². The number of aryl methyl sites for hydroxylation is 2. The maximum Gasteiger partial charge on any atom is 0.139 e. The first-order valence-corrected chi connectivity index (χ1v) is 5.81. The summed E-state index contributed by atoms with van der Waals surface area (Å²) in [6, 6.07) is 3.85. The molecule has 1 atom stereocenters. The molecule has 5 heteroatoms. The van der Waals surface area contributed by atoms with Gasteiger partial charge in [0.05, 0.1) is 25.0 Å². The van der Waals surface area contributed by atoms with Crippen LogP contribution in [-0.4, -0.2) is 17.3 Å². The van der Waals surface area contributed by atoms with Crippen LogP contribution < -0.4 is 10.1 Å². The molecule has 0 saturated heterocycles. The number of pyridine rings is 1. The molecule has 0 aliphatic rings. The molecular weight excluding hydrogens is 230 g/mol. The van der Waals surface area contributed by atoms with Crippen molar-refractivity contribution in [2.24, 2.45) is 0 Å². The second-order valence-corrected chi connectivity index (χ2v) is 4.19. The number of nitrogens with zero attached hydrogens (tertiary/aromatic N) is 2. The standard InChI is InChI=1S/C13H17N3O2/c1-8(13-9(2)16-18-10(13)3)15-12-6-5-11(17-4)7-14-12/h5-8H,1-4H3,(H,14,15). The highest BCUT2D eigenvalue weighted by molar-refractivity contribution is 5.41. The maximum atomic E-state index is 5.16. The molecule has 2 aromatic heterocycles. The van der Waals surface area contributed by atoms with Gasteiger partial charge >= 0.3 is 0 Å². The van der Waals surface area contributed by atoms with Gasteiger partial charge in [-0.05, 0) is 32.9 Å². The Balaban J connectivity index is 2.13. The van der Waals surface area contributed by atoms with Crippen LogP contribution in [0.5, 0.6) is 5.75 Å². The summed E-state index contributed by atoms with van der Waals surface area (Å²) in [4.78, 5) is 4.27. The van der Waals surface area contributed by atoms with Crippen molar-refractivity contribution in [3.05, 3.63) is 35.3 Å². The van der Waals surface area contributed by atoms with Crippen molar-refractivity contribution in [3.63, 3.8) is 0 Å². The Morgan fingerprint density at radius 1 is 1.33 bits per heavy atom.